The van der Waals surface area contributed by atoms with Crippen LogP contribution in [0.25, 0.3) is 0 Å². The van der Waals surface area contributed by atoms with E-state index in [-0.39, 0.29) is 42.3 Å². The standard InChI is InChI=1S/C30H39BrN2O7/c1-6-8-9-15-39-29(37)23-24-27(35)33(22(17-34)18(3)4)26(30(24)16-21(31)25(23)40-30)28(36)32(14-7-2)19-10-12-20(38-5)13-11-19/h6-7,10-13,18,21-26,34H,1-2,8-9,14-17H2,3-5H3/t21?,22-,23-,24-,25-,26?,30?/m0/s1. The van der Waals surface area contributed by atoms with Crippen LogP contribution in [0.5, 0.6) is 5.75 Å². The molecule has 1 spiro atoms. The van der Waals surface area contributed by atoms with E-state index in [1.165, 1.54) is 4.90 Å². The summed E-state index contributed by atoms with van der Waals surface area (Å²) in [7, 11) is 1.56. The zero-order valence-corrected chi connectivity index (χ0v) is 24.9. The maximum Gasteiger partial charge on any atom is 0.312 e. The first kappa shape index (κ1) is 30.3. The van der Waals surface area contributed by atoms with Crippen LogP contribution in [0.2, 0.25) is 0 Å². The van der Waals surface area contributed by atoms with Crippen LogP contribution in [0.1, 0.15) is 33.1 Å². The van der Waals surface area contributed by atoms with Crippen molar-refractivity contribution in [3.05, 3.63) is 49.6 Å². The second-order valence-corrected chi connectivity index (χ2v) is 12.1. The molecule has 1 aromatic rings. The molecule has 9 nitrogen and oxygen atoms in total. The minimum absolute atomic E-state index is 0.158. The Labute approximate surface area is 244 Å². The van der Waals surface area contributed by atoms with E-state index in [0.717, 1.165) is 0 Å². The van der Waals surface area contributed by atoms with E-state index in [4.69, 9.17) is 14.2 Å². The molecule has 218 valence electrons. The van der Waals surface area contributed by atoms with Crippen molar-refractivity contribution in [1.29, 1.82) is 0 Å². The number of allylic oxidation sites excluding steroid dienone is 1. The van der Waals surface area contributed by atoms with Crippen molar-refractivity contribution in [3.8, 4) is 5.75 Å². The predicted octanol–water partition coefficient (Wildman–Crippen LogP) is 3.49. The molecule has 10 heteroatoms. The molecule has 3 aliphatic rings. The van der Waals surface area contributed by atoms with Crippen LogP contribution in [-0.4, -0.2) is 83.3 Å². The number of benzene rings is 1. The Hall–Kier alpha value is -2.69. The predicted molar refractivity (Wildman–Crippen MR) is 154 cm³/mol. The number of anilines is 1. The first-order valence-electron chi connectivity index (χ1n) is 13.8. The fourth-order valence-electron chi connectivity index (χ4n) is 6.45. The van der Waals surface area contributed by atoms with Gasteiger partial charge in [0.05, 0.1) is 44.3 Å². The molecule has 3 unspecified atom stereocenters. The van der Waals surface area contributed by atoms with Crippen molar-refractivity contribution in [2.24, 2.45) is 17.8 Å². The number of aliphatic hydroxyl groups excluding tert-OH is 1. The first-order chi connectivity index (χ1) is 19.2. The minimum atomic E-state index is -1.26. The van der Waals surface area contributed by atoms with E-state index < -0.39 is 41.6 Å². The maximum atomic E-state index is 14.6. The zero-order chi connectivity index (χ0) is 29.2. The van der Waals surface area contributed by atoms with Gasteiger partial charge in [-0.25, -0.2) is 0 Å². The highest BCUT2D eigenvalue weighted by Gasteiger charge is 2.77. The number of hydrogen-bond acceptors (Lipinski definition) is 7. The molecular weight excluding hydrogens is 580 g/mol. The Morgan fingerprint density at radius 3 is 2.55 bits per heavy atom. The highest BCUT2D eigenvalue weighted by Crippen LogP contribution is 2.61. The summed E-state index contributed by atoms with van der Waals surface area (Å²) in [6, 6.07) is 5.34. The van der Waals surface area contributed by atoms with E-state index in [2.05, 4.69) is 29.1 Å². The van der Waals surface area contributed by atoms with Crippen molar-refractivity contribution in [2.45, 2.75) is 61.7 Å². The van der Waals surface area contributed by atoms with Gasteiger partial charge in [-0.1, -0.05) is 41.9 Å². The summed E-state index contributed by atoms with van der Waals surface area (Å²) < 4.78 is 17.4. The summed E-state index contributed by atoms with van der Waals surface area (Å²) in [5, 5.41) is 10.4. The average molecular weight is 620 g/mol. The third kappa shape index (κ3) is 5.10. The highest BCUT2D eigenvalue weighted by atomic mass is 79.9. The lowest BCUT2D eigenvalue weighted by Gasteiger charge is -2.40. The van der Waals surface area contributed by atoms with Gasteiger partial charge < -0.3 is 29.1 Å². The molecule has 1 aromatic carbocycles. The number of ether oxygens (including phenoxy) is 3. The molecule has 0 aromatic heterocycles. The number of nitrogens with zero attached hydrogens (tertiary/aromatic N) is 2. The van der Waals surface area contributed by atoms with E-state index in [1.54, 1.807) is 48.4 Å². The van der Waals surface area contributed by atoms with E-state index in [0.29, 0.717) is 30.7 Å². The van der Waals surface area contributed by atoms with Crippen LogP contribution in [0.15, 0.2) is 49.6 Å². The molecule has 3 fully saturated rings. The second kappa shape index (κ2) is 12.4. The third-order valence-electron chi connectivity index (χ3n) is 8.31. The molecule has 40 heavy (non-hydrogen) atoms. The Morgan fingerprint density at radius 1 is 1.27 bits per heavy atom. The third-order valence-corrected chi connectivity index (χ3v) is 9.15. The highest BCUT2D eigenvalue weighted by molar-refractivity contribution is 9.09. The Kier molecular flexibility index (Phi) is 9.42. The fourth-order valence-corrected chi connectivity index (χ4v) is 7.39. The lowest BCUT2D eigenvalue weighted by Crippen LogP contribution is -2.60. The van der Waals surface area contributed by atoms with Gasteiger partial charge in [0.1, 0.15) is 17.4 Å². The largest absolute Gasteiger partial charge is 0.497 e. The van der Waals surface area contributed by atoms with Crippen molar-refractivity contribution in [3.63, 3.8) is 0 Å². The molecule has 3 heterocycles. The van der Waals surface area contributed by atoms with Gasteiger partial charge in [0.15, 0.2) is 0 Å². The summed E-state index contributed by atoms with van der Waals surface area (Å²) >= 11 is 3.68. The number of hydrogen-bond donors (Lipinski definition) is 1. The van der Waals surface area contributed by atoms with Gasteiger partial charge in [-0.3, -0.25) is 14.4 Å². The van der Waals surface area contributed by atoms with Crippen LogP contribution in [0.3, 0.4) is 0 Å². The number of amides is 2. The second-order valence-electron chi connectivity index (χ2n) is 10.9. The summed E-state index contributed by atoms with van der Waals surface area (Å²) in [5.74, 6) is -2.52. The van der Waals surface area contributed by atoms with Crippen molar-refractivity contribution >= 4 is 39.4 Å². The molecule has 7 atom stereocenters. The van der Waals surface area contributed by atoms with Crippen LogP contribution in [-0.2, 0) is 23.9 Å². The van der Waals surface area contributed by atoms with Crippen molar-refractivity contribution in [2.75, 3.05) is 31.8 Å². The van der Waals surface area contributed by atoms with Gasteiger partial charge in [-0.15, -0.1) is 13.2 Å². The number of carbonyl (C=O) groups is 3. The molecule has 0 aliphatic carbocycles. The quantitative estimate of drug-likeness (QED) is 0.156. The number of aliphatic hydroxyl groups is 1. The fraction of sp³-hybridized carbons (Fsp3) is 0.567. The van der Waals surface area contributed by atoms with E-state index >= 15 is 0 Å². The number of halogens is 1. The van der Waals surface area contributed by atoms with Crippen LogP contribution >= 0.6 is 15.9 Å². The summed E-state index contributed by atoms with van der Waals surface area (Å²) in [6.45, 7) is 11.4. The normalized spacial score (nSPS) is 29.3. The molecule has 2 amide bonds. The number of likely N-dealkylation sites (tertiary alicyclic amines) is 1. The van der Waals surface area contributed by atoms with Crippen LogP contribution < -0.4 is 9.64 Å². The summed E-state index contributed by atoms with van der Waals surface area (Å²) in [6.07, 6.45) is 4.45. The number of esters is 1. The number of unbranched alkanes of at least 4 members (excludes halogenated alkanes) is 1. The first-order valence-corrected chi connectivity index (χ1v) is 14.7. The van der Waals surface area contributed by atoms with E-state index in [9.17, 15) is 19.5 Å². The van der Waals surface area contributed by atoms with Crippen LogP contribution in [0.4, 0.5) is 5.69 Å². The number of carbonyl (C=O) groups excluding carboxylic acids is 3. The van der Waals surface area contributed by atoms with Crippen LogP contribution in [0, 0.1) is 17.8 Å². The van der Waals surface area contributed by atoms with Gasteiger partial charge in [0, 0.05) is 17.1 Å². The smallest absolute Gasteiger partial charge is 0.312 e. The Balaban J connectivity index is 1.78. The summed E-state index contributed by atoms with van der Waals surface area (Å²) in [5.41, 5.74) is -0.657. The van der Waals surface area contributed by atoms with Gasteiger partial charge in [0.2, 0.25) is 5.91 Å². The van der Waals surface area contributed by atoms with Crippen molar-refractivity contribution in [1.82, 2.24) is 4.90 Å². The molecular formula is C30H39BrN2O7. The van der Waals surface area contributed by atoms with Gasteiger partial charge in [-0.05, 0) is 49.4 Å². The van der Waals surface area contributed by atoms with Gasteiger partial charge in [-0.2, -0.15) is 0 Å². The zero-order valence-electron chi connectivity index (χ0n) is 23.3. The van der Waals surface area contributed by atoms with E-state index in [1.807, 2.05) is 13.8 Å². The van der Waals surface area contributed by atoms with Crippen molar-refractivity contribution < 1.29 is 33.7 Å². The molecule has 2 bridgehead atoms. The average Bonchev–Trinajstić information content (AvgIpc) is 3.53. The molecule has 0 radical (unpaired) electrons. The molecule has 0 saturated carbocycles. The number of alkyl halides is 1. The number of rotatable bonds is 13. The summed E-state index contributed by atoms with van der Waals surface area (Å²) in [4.78, 5) is 45.1. The van der Waals surface area contributed by atoms with Gasteiger partial charge in [0.25, 0.3) is 5.91 Å². The topological polar surface area (TPSA) is 106 Å². The number of methoxy groups -OCH3 is 1. The van der Waals surface area contributed by atoms with Gasteiger partial charge >= 0.3 is 5.97 Å². The molecule has 4 rings (SSSR count). The SMILES string of the molecule is C=CCCCOC(=O)[C@H]1[C@H]2C(=O)N([C@@H](CO)C(C)C)C(C(=O)N(CC=C)c3ccc(OC)cc3)C23CC(Br)[C@@H]1O3. The molecule has 3 aliphatic heterocycles. The monoisotopic (exact) mass is 618 g/mol. The molecule has 1 N–H and O–H groups in total. The maximum absolute atomic E-state index is 14.6. The lowest BCUT2D eigenvalue weighted by atomic mass is 9.70. The minimum Gasteiger partial charge on any atom is -0.497 e. The lowest BCUT2D eigenvalue weighted by molar-refractivity contribution is -0.156. The molecule has 3 saturated heterocycles. The Bertz CT molecular complexity index is 1130. The Morgan fingerprint density at radius 2 is 1.98 bits per heavy atom. The number of fused-ring (bicyclic) bond motifs is 1.